The Kier molecular flexibility index (Phi) is 4.64. The third kappa shape index (κ3) is 3.21. The maximum absolute atomic E-state index is 13.6. The van der Waals surface area contributed by atoms with Gasteiger partial charge in [-0.3, -0.25) is 4.57 Å². The van der Waals surface area contributed by atoms with Crippen LogP contribution in [0.3, 0.4) is 0 Å². The Bertz CT molecular complexity index is 1360. The molecule has 0 saturated carbocycles. The van der Waals surface area contributed by atoms with Crippen molar-refractivity contribution in [1.82, 2.24) is 9.55 Å². The molecule has 0 N–H and O–H groups in total. The van der Waals surface area contributed by atoms with Crippen molar-refractivity contribution in [2.45, 2.75) is 23.8 Å². The van der Waals surface area contributed by atoms with Gasteiger partial charge < -0.3 is 9.15 Å². The molecule has 30 heavy (non-hydrogen) atoms. The van der Waals surface area contributed by atoms with E-state index in [4.69, 9.17) is 9.15 Å². The first-order valence-corrected chi connectivity index (χ1v) is 11.8. The summed E-state index contributed by atoms with van der Waals surface area (Å²) in [5.41, 5.74) is 1.50. The number of sulfonamides is 1. The highest BCUT2D eigenvalue weighted by Gasteiger charge is 2.32. The number of aryl methyl sites for hydroxylation is 1. The van der Waals surface area contributed by atoms with Crippen molar-refractivity contribution in [2.75, 3.05) is 17.5 Å². The number of para-hydroxylation sites is 1. The van der Waals surface area contributed by atoms with Gasteiger partial charge in [0.15, 0.2) is 5.58 Å². The van der Waals surface area contributed by atoms with Gasteiger partial charge in [0.25, 0.3) is 10.0 Å². The highest BCUT2D eigenvalue weighted by atomic mass is 32.2. The molecule has 1 atom stereocenters. The maximum Gasteiger partial charge on any atom is 0.419 e. The van der Waals surface area contributed by atoms with E-state index in [0.29, 0.717) is 17.3 Å². The summed E-state index contributed by atoms with van der Waals surface area (Å²) in [4.78, 5) is 16.4. The van der Waals surface area contributed by atoms with Gasteiger partial charge >= 0.3 is 5.76 Å². The van der Waals surface area contributed by atoms with E-state index in [1.807, 2.05) is 24.3 Å². The molecule has 0 radical (unpaired) electrons. The lowest BCUT2D eigenvalue weighted by Gasteiger charge is -2.24. The molecule has 0 bridgehead atoms. The van der Waals surface area contributed by atoms with Crippen LogP contribution in [0.2, 0.25) is 0 Å². The molecule has 1 saturated heterocycles. The number of rotatable bonds is 5. The summed E-state index contributed by atoms with van der Waals surface area (Å²) in [6, 6.07) is 12.0. The fourth-order valence-corrected chi connectivity index (χ4v) is 6.27. The molecular weight excluding hydrogens is 426 g/mol. The van der Waals surface area contributed by atoms with E-state index >= 15 is 0 Å². The van der Waals surface area contributed by atoms with Gasteiger partial charge in [-0.25, -0.2) is 22.5 Å². The summed E-state index contributed by atoms with van der Waals surface area (Å²) < 4.78 is 41.7. The zero-order valence-corrected chi connectivity index (χ0v) is 17.8. The summed E-state index contributed by atoms with van der Waals surface area (Å²) in [5, 5.41) is 0.390. The minimum Gasteiger partial charge on any atom is -0.408 e. The average Bonchev–Trinajstić information content (AvgIpc) is 3.45. The zero-order chi connectivity index (χ0) is 20.9. The molecule has 1 fully saturated rings. The van der Waals surface area contributed by atoms with Crippen LogP contribution < -0.4 is 10.1 Å². The SMILES string of the molecule is Cn1c(=O)oc2cc(S(=O)(=O)N(C[C@@H]3CCCO3)c3nc4ccccc4s3)ccc21. The van der Waals surface area contributed by atoms with Gasteiger partial charge in [0.2, 0.25) is 5.13 Å². The highest BCUT2D eigenvalue weighted by molar-refractivity contribution is 7.93. The van der Waals surface area contributed by atoms with Crippen LogP contribution in [0.5, 0.6) is 0 Å². The Morgan fingerprint density at radius 1 is 1.27 bits per heavy atom. The van der Waals surface area contributed by atoms with Crippen molar-refractivity contribution < 1.29 is 17.6 Å². The van der Waals surface area contributed by atoms with E-state index in [2.05, 4.69) is 4.98 Å². The second-order valence-corrected chi connectivity index (χ2v) is 10.1. The summed E-state index contributed by atoms with van der Waals surface area (Å²) in [7, 11) is -2.38. The van der Waals surface area contributed by atoms with Crippen molar-refractivity contribution >= 4 is 47.8 Å². The molecule has 0 aliphatic carbocycles. The average molecular weight is 446 g/mol. The third-order valence-electron chi connectivity index (χ3n) is 5.24. The van der Waals surface area contributed by atoms with Crippen molar-refractivity contribution in [3.8, 4) is 0 Å². The molecule has 10 heteroatoms. The smallest absolute Gasteiger partial charge is 0.408 e. The van der Waals surface area contributed by atoms with Crippen LogP contribution in [0.15, 0.2) is 56.6 Å². The second-order valence-electron chi connectivity index (χ2n) is 7.19. The highest BCUT2D eigenvalue weighted by Crippen LogP contribution is 2.34. The van der Waals surface area contributed by atoms with E-state index in [1.54, 1.807) is 13.1 Å². The molecule has 5 rings (SSSR count). The third-order valence-corrected chi connectivity index (χ3v) is 8.17. The standard InChI is InChI=1S/C20H19N3O5S2/c1-22-16-9-8-14(11-17(16)28-20(22)24)30(25,26)23(12-13-5-4-10-27-13)19-21-15-6-2-3-7-18(15)29-19/h2-3,6-9,11,13H,4-5,10,12H2,1H3/t13-/m0/s1. The number of thiazole rings is 1. The van der Waals surface area contributed by atoms with Gasteiger partial charge in [-0.1, -0.05) is 23.5 Å². The molecule has 0 spiro atoms. The van der Waals surface area contributed by atoms with Crippen molar-refractivity contribution in [2.24, 2.45) is 7.05 Å². The molecule has 3 heterocycles. The van der Waals surface area contributed by atoms with E-state index in [9.17, 15) is 13.2 Å². The van der Waals surface area contributed by atoms with Crippen LogP contribution >= 0.6 is 11.3 Å². The number of aromatic nitrogens is 2. The molecule has 0 unspecified atom stereocenters. The van der Waals surface area contributed by atoms with Crippen LogP contribution in [-0.4, -0.2) is 37.2 Å². The maximum atomic E-state index is 13.6. The zero-order valence-electron chi connectivity index (χ0n) is 16.1. The molecule has 156 valence electrons. The fourth-order valence-electron chi connectivity index (χ4n) is 3.62. The largest absolute Gasteiger partial charge is 0.419 e. The van der Waals surface area contributed by atoms with Crippen LogP contribution in [0.25, 0.3) is 21.3 Å². The van der Waals surface area contributed by atoms with Crippen LogP contribution in [0, 0.1) is 0 Å². The molecule has 4 aromatic rings. The molecule has 1 aliphatic heterocycles. The molecule has 2 aromatic heterocycles. The van der Waals surface area contributed by atoms with Gasteiger partial charge in [-0.2, -0.15) is 0 Å². The predicted molar refractivity (Wildman–Crippen MR) is 115 cm³/mol. The number of benzene rings is 2. The molecular formula is C20H19N3O5S2. The molecule has 1 aliphatic rings. The number of ether oxygens (including phenoxy) is 1. The first-order valence-electron chi connectivity index (χ1n) is 9.53. The summed E-state index contributed by atoms with van der Waals surface area (Å²) in [5.74, 6) is -0.540. The van der Waals surface area contributed by atoms with Crippen LogP contribution in [0.4, 0.5) is 5.13 Å². The van der Waals surface area contributed by atoms with Crippen molar-refractivity contribution in [1.29, 1.82) is 0 Å². The number of anilines is 1. The Morgan fingerprint density at radius 3 is 2.87 bits per heavy atom. The number of nitrogens with zero attached hydrogens (tertiary/aromatic N) is 3. The van der Waals surface area contributed by atoms with Gasteiger partial charge in [0, 0.05) is 19.7 Å². The van der Waals surface area contributed by atoms with E-state index < -0.39 is 15.8 Å². The number of hydrogen-bond donors (Lipinski definition) is 0. The summed E-state index contributed by atoms with van der Waals surface area (Å²) in [6.07, 6.45) is 1.51. The normalized spacial score (nSPS) is 17.2. The van der Waals surface area contributed by atoms with Gasteiger partial charge in [-0.05, 0) is 37.1 Å². The lowest BCUT2D eigenvalue weighted by Crippen LogP contribution is -2.37. The predicted octanol–water partition coefficient (Wildman–Crippen LogP) is 3.12. The first-order chi connectivity index (χ1) is 14.4. The molecule has 2 aromatic carbocycles. The molecule has 0 amide bonds. The summed E-state index contributed by atoms with van der Waals surface area (Å²) >= 11 is 1.32. The van der Waals surface area contributed by atoms with E-state index in [-0.39, 0.29) is 23.1 Å². The monoisotopic (exact) mass is 445 g/mol. The molecule has 8 nitrogen and oxygen atoms in total. The number of hydrogen-bond acceptors (Lipinski definition) is 7. The van der Waals surface area contributed by atoms with Crippen LogP contribution in [0.1, 0.15) is 12.8 Å². The Balaban J connectivity index is 1.62. The topological polar surface area (TPSA) is 94.6 Å². The Labute approximate surface area is 176 Å². The number of oxazole rings is 1. The Hall–Kier alpha value is -2.69. The minimum atomic E-state index is -3.95. The van der Waals surface area contributed by atoms with Crippen molar-refractivity contribution in [3.63, 3.8) is 0 Å². The summed E-state index contributed by atoms with van der Waals surface area (Å²) in [6.45, 7) is 0.804. The van der Waals surface area contributed by atoms with Gasteiger partial charge in [0.1, 0.15) is 0 Å². The Morgan fingerprint density at radius 2 is 2.10 bits per heavy atom. The van der Waals surface area contributed by atoms with Gasteiger partial charge in [-0.15, -0.1) is 0 Å². The second kappa shape index (κ2) is 7.22. The van der Waals surface area contributed by atoms with E-state index in [1.165, 1.54) is 32.3 Å². The lowest BCUT2D eigenvalue weighted by atomic mass is 10.2. The van der Waals surface area contributed by atoms with Gasteiger partial charge in [0.05, 0.1) is 33.3 Å². The fraction of sp³-hybridized carbons (Fsp3) is 0.300. The number of fused-ring (bicyclic) bond motifs is 2. The van der Waals surface area contributed by atoms with E-state index in [0.717, 1.165) is 23.1 Å². The van der Waals surface area contributed by atoms with Crippen LogP contribution in [-0.2, 0) is 21.8 Å². The minimum absolute atomic E-state index is 0.0432. The lowest BCUT2D eigenvalue weighted by molar-refractivity contribution is 0.118. The first kappa shape index (κ1) is 19.3. The quantitative estimate of drug-likeness (QED) is 0.468. The van der Waals surface area contributed by atoms with Crippen molar-refractivity contribution in [3.05, 3.63) is 53.0 Å².